The van der Waals surface area contributed by atoms with Crippen LogP contribution in [0.15, 0.2) is 83.5 Å². The molecule has 0 atom stereocenters. The average Bonchev–Trinajstić information content (AvgIpc) is 2.91. The summed E-state index contributed by atoms with van der Waals surface area (Å²) < 4.78 is 0. The SMILES string of the molecule is C=C1C=c2ccccc2=CC1.C=C\C=C(C)/C(=C\C)C(/C)=C(/C)C(CCCC)CCCC.CC.CC. The fourth-order valence-electron chi connectivity index (χ4n) is 4.35. The standard InChI is InChI=1S/C21H36.C11H10.2C2H6/c1-8-12-15-20(16-13-9-2)18(6)19(7)21(11-4)17(5)14-10-3;1-9-6-7-10-4-2-3-5-11(10)8-9;2*1-2/h10-11,14,20H,3,8-9,12-13,15-16H2,1-2,4-7H3;2-5,7-8H,1,6H2;2*1-2H3/b17-14-,19-18-,21-11+;;;. The molecule has 0 heteroatoms. The average molecular weight is 491 g/mol. The van der Waals surface area contributed by atoms with Gasteiger partial charge < -0.3 is 0 Å². The van der Waals surface area contributed by atoms with Gasteiger partial charge in [0.05, 0.1) is 0 Å². The molecule has 36 heavy (non-hydrogen) atoms. The molecule has 0 spiro atoms. The Hall–Kier alpha value is -2.34. The molecule has 0 radical (unpaired) electrons. The summed E-state index contributed by atoms with van der Waals surface area (Å²) in [5.74, 6) is 0.747. The van der Waals surface area contributed by atoms with E-state index in [2.05, 4.69) is 103 Å². The molecule has 0 fully saturated rings. The van der Waals surface area contributed by atoms with Gasteiger partial charge in [-0.2, -0.15) is 0 Å². The van der Waals surface area contributed by atoms with Crippen molar-refractivity contribution in [2.45, 2.75) is 114 Å². The Morgan fingerprint density at radius 2 is 1.44 bits per heavy atom. The van der Waals surface area contributed by atoms with E-state index in [0.717, 1.165) is 12.3 Å². The zero-order valence-corrected chi connectivity index (χ0v) is 25.6. The highest BCUT2D eigenvalue weighted by Crippen LogP contribution is 2.31. The van der Waals surface area contributed by atoms with Crippen molar-refractivity contribution in [1.29, 1.82) is 0 Å². The van der Waals surface area contributed by atoms with E-state index in [4.69, 9.17) is 0 Å². The van der Waals surface area contributed by atoms with Gasteiger partial charge >= 0.3 is 0 Å². The van der Waals surface area contributed by atoms with Gasteiger partial charge in [-0.25, -0.2) is 0 Å². The topological polar surface area (TPSA) is 0 Å². The van der Waals surface area contributed by atoms with E-state index < -0.39 is 0 Å². The summed E-state index contributed by atoms with van der Waals surface area (Å²) in [5.41, 5.74) is 6.94. The predicted molar refractivity (Wildman–Crippen MR) is 170 cm³/mol. The molecule has 1 aliphatic rings. The third-order valence-corrected chi connectivity index (χ3v) is 6.44. The Bertz CT molecular complexity index is 938. The van der Waals surface area contributed by atoms with Crippen molar-refractivity contribution in [3.63, 3.8) is 0 Å². The third-order valence-electron chi connectivity index (χ3n) is 6.44. The largest absolute Gasteiger partial charge is 0.0991 e. The van der Waals surface area contributed by atoms with Crippen LogP contribution in [-0.4, -0.2) is 0 Å². The molecule has 0 N–H and O–H groups in total. The summed E-state index contributed by atoms with van der Waals surface area (Å²) in [6.07, 6.45) is 19.5. The first-order valence-electron chi connectivity index (χ1n) is 14.5. The van der Waals surface area contributed by atoms with Crippen LogP contribution in [0.1, 0.15) is 114 Å². The Labute approximate surface area is 226 Å². The van der Waals surface area contributed by atoms with Crippen LogP contribution in [0, 0.1) is 5.92 Å². The fraction of sp³-hybridized carbons (Fsp3) is 0.500. The van der Waals surface area contributed by atoms with Gasteiger partial charge in [-0.1, -0.05) is 146 Å². The van der Waals surface area contributed by atoms with Gasteiger partial charge in [0.25, 0.3) is 0 Å². The Morgan fingerprint density at radius 3 is 1.92 bits per heavy atom. The van der Waals surface area contributed by atoms with E-state index in [1.165, 1.54) is 71.3 Å². The van der Waals surface area contributed by atoms with Gasteiger partial charge in [0.15, 0.2) is 0 Å². The highest BCUT2D eigenvalue weighted by Gasteiger charge is 2.14. The second kappa shape index (κ2) is 23.1. The second-order valence-electron chi connectivity index (χ2n) is 8.92. The Morgan fingerprint density at radius 1 is 0.917 bits per heavy atom. The molecular formula is C36H58. The zero-order chi connectivity index (χ0) is 27.9. The lowest BCUT2D eigenvalue weighted by atomic mass is 9.84. The van der Waals surface area contributed by atoms with Crippen LogP contribution in [0.25, 0.3) is 12.2 Å². The maximum absolute atomic E-state index is 3.93. The highest BCUT2D eigenvalue weighted by molar-refractivity contribution is 5.54. The molecule has 0 saturated heterocycles. The fourth-order valence-corrected chi connectivity index (χ4v) is 4.35. The van der Waals surface area contributed by atoms with E-state index in [9.17, 15) is 0 Å². The maximum Gasteiger partial charge on any atom is -0.00939 e. The molecule has 0 aromatic heterocycles. The first-order valence-corrected chi connectivity index (χ1v) is 14.5. The Balaban J connectivity index is 0. The number of rotatable bonds is 10. The van der Waals surface area contributed by atoms with Crippen LogP contribution in [0.5, 0.6) is 0 Å². The molecule has 0 nitrogen and oxygen atoms in total. The van der Waals surface area contributed by atoms with Crippen molar-refractivity contribution in [2.75, 3.05) is 0 Å². The lowest BCUT2D eigenvalue weighted by Crippen LogP contribution is -2.25. The molecule has 2 rings (SSSR count). The summed E-state index contributed by atoms with van der Waals surface area (Å²) in [4.78, 5) is 0. The summed E-state index contributed by atoms with van der Waals surface area (Å²) in [7, 11) is 0. The lowest BCUT2D eigenvalue weighted by molar-refractivity contribution is 0.473. The van der Waals surface area contributed by atoms with Crippen molar-refractivity contribution in [3.8, 4) is 0 Å². The molecular weight excluding hydrogens is 432 g/mol. The molecule has 0 amide bonds. The van der Waals surface area contributed by atoms with Crippen molar-refractivity contribution < 1.29 is 0 Å². The van der Waals surface area contributed by atoms with Gasteiger partial charge in [-0.3, -0.25) is 0 Å². The maximum atomic E-state index is 3.93. The van der Waals surface area contributed by atoms with Gasteiger partial charge in [0.1, 0.15) is 0 Å². The highest BCUT2D eigenvalue weighted by atomic mass is 14.2. The van der Waals surface area contributed by atoms with E-state index >= 15 is 0 Å². The van der Waals surface area contributed by atoms with E-state index in [-0.39, 0.29) is 0 Å². The molecule has 1 aromatic rings. The van der Waals surface area contributed by atoms with Crippen molar-refractivity contribution >= 4 is 12.2 Å². The normalized spacial score (nSPS) is 13.2. The molecule has 0 aliphatic heterocycles. The lowest BCUT2D eigenvalue weighted by Gasteiger charge is -2.22. The first kappa shape index (κ1) is 35.8. The summed E-state index contributed by atoms with van der Waals surface area (Å²) >= 11 is 0. The molecule has 0 heterocycles. The van der Waals surface area contributed by atoms with Crippen LogP contribution < -0.4 is 10.4 Å². The number of hydrogen-bond donors (Lipinski definition) is 0. The first-order chi connectivity index (χ1) is 17.4. The van der Waals surface area contributed by atoms with Gasteiger partial charge in [0, 0.05) is 0 Å². The minimum Gasteiger partial charge on any atom is -0.0991 e. The van der Waals surface area contributed by atoms with Gasteiger partial charge in [0.2, 0.25) is 0 Å². The number of unbranched alkanes of at least 4 members (excludes halogenated alkanes) is 2. The van der Waals surface area contributed by atoms with Crippen molar-refractivity contribution in [2.24, 2.45) is 5.92 Å². The van der Waals surface area contributed by atoms with E-state index in [1.54, 1.807) is 5.57 Å². The Kier molecular flexibility index (Phi) is 23.0. The molecule has 0 unspecified atom stereocenters. The molecule has 1 aliphatic carbocycles. The number of benzene rings is 1. The van der Waals surface area contributed by atoms with Gasteiger partial charge in [-0.15, -0.1) is 0 Å². The van der Waals surface area contributed by atoms with E-state index in [1.807, 2.05) is 33.8 Å². The van der Waals surface area contributed by atoms with Crippen LogP contribution in [-0.2, 0) is 0 Å². The van der Waals surface area contributed by atoms with E-state index in [0.29, 0.717) is 0 Å². The third kappa shape index (κ3) is 13.7. The van der Waals surface area contributed by atoms with Crippen LogP contribution in [0.2, 0.25) is 0 Å². The smallest absolute Gasteiger partial charge is 0.00939 e. The minimum atomic E-state index is 0.747. The number of fused-ring (bicyclic) bond motifs is 1. The van der Waals surface area contributed by atoms with Crippen LogP contribution in [0.3, 0.4) is 0 Å². The van der Waals surface area contributed by atoms with Crippen LogP contribution in [0.4, 0.5) is 0 Å². The van der Waals surface area contributed by atoms with Gasteiger partial charge in [-0.05, 0) is 80.0 Å². The quantitative estimate of drug-likeness (QED) is 0.286. The zero-order valence-electron chi connectivity index (χ0n) is 25.6. The summed E-state index contributed by atoms with van der Waals surface area (Å²) in [6, 6.07) is 8.38. The minimum absolute atomic E-state index is 0.747. The number of allylic oxidation sites excluding steroid dienone is 8. The molecule has 1 aromatic carbocycles. The monoisotopic (exact) mass is 490 g/mol. The van der Waals surface area contributed by atoms with Crippen molar-refractivity contribution in [1.82, 2.24) is 0 Å². The summed E-state index contributed by atoms with van der Waals surface area (Å²) in [5, 5.41) is 2.63. The summed E-state index contributed by atoms with van der Waals surface area (Å²) in [6.45, 7) is 29.3. The second-order valence-corrected chi connectivity index (χ2v) is 8.92. The molecule has 202 valence electrons. The predicted octanol–water partition coefficient (Wildman–Crippen LogP) is 10.7. The molecule has 0 bridgehead atoms. The van der Waals surface area contributed by atoms with Crippen molar-refractivity contribution in [3.05, 3.63) is 94.0 Å². The van der Waals surface area contributed by atoms with Crippen LogP contribution >= 0.6 is 0 Å². The number of hydrogen-bond acceptors (Lipinski definition) is 0. The molecule has 0 saturated carbocycles.